The minimum atomic E-state index is 0.225. The molecule has 3 heteroatoms. The normalized spacial score (nSPS) is 15.2. The zero-order valence-corrected chi connectivity index (χ0v) is 9.18. The second-order valence-electron chi connectivity index (χ2n) is 2.99. The standard InChI is InChI=1S/C9H17BrN2/c1-2-8(7-12)3-4-9(10)5-6-11/h8-9H,2-6,11H2,1H3/t8?,9-/m1/s1. The van der Waals surface area contributed by atoms with Crippen molar-refractivity contribution < 1.29 is 0 Å². The Kier molecular flexibility index (Phi) is 7.53. The van der Waals surface area contributed by atoms with Crippen molar-refractivity contribution >= 4 is 15.9 Å². The second kappa shape index (κ2) is 7.57. The monoisotopic (exact) mass is 232 g/mol. The summed E-state index contributed by atoms with van der Waals surface area (Å²) in [7, 11) is 0. The summed E-state index contributed by atoms with van der Waals surface area (Å²) in [5.41, 5.74) is 5.41. The molecule has 0 aromatic carbocycles. The van der Waals surface area contributed by atoms with Crippen LogP contribution in [0.1, 0.15) is 32.6 Å². The third kappa shape index (κ3) is 5.56. The van der Waals surface area contributed by atoms with Crippen molar-refractivity contribution in [2.24, 2.45) is 11.7 Å². The molecular formula is C9H17BrN2. The number of halogens is 1. The fourth-order valence-electron chi connectivity index (χ4n) is 1.07. The Morgan fingerprint density at radius 1 is 1.42 bits per heavy atom. The van der Waals surface area contributed by atoms with Crippen LogP contribution in [0.2, 0.25) is 0 Å². The van der Waals surface area contributed by atoms with Crippen molar-refractivity contribution in [3.05, 3.63) is 0 Å². The van der Waals surface area contributed by atoms with Gasteiger partial charge in [-0.2, -0.15) is 5.26 Å². The predicted molar refractivity (Wildman–Crippen MR) is 55.0 cm³/mol. The molecule has 0 spiro atoms. The van der Waals surface area contributed by atoms with Crippen LogP contribution in [0.25, 0.3) is 0 Å². The summed E-state index contributed by atoms with van der Waals surface area (Å²) in [6.07, 6.45) is 4.01. The summed E-state index contributed by atoms with van der Waals surface area (Å²) in [6, 6.07) is 2.30. The van der Waals surface area contributed by atoms with Crippen molar-refractivity contribution in [2.75, 3.05) is 6.54 Å². The van der Waals surface area contributed by atoms with Crippen molar-refractivity contribution in [3.63, 3.8) is 0 Å². The Morgan fingerprint density at radius 2 is 2.08 bits per heavy atom. The maximum Gasteiger partial charge on any atom is 0.0655 e. The van der Waals surface area contributed by atoms with Gasteiger partial charge in [-0.05, 0) is 32.2 Å². The molecule has 12 heavy (non-hydrogen) atoms. The third-order valence-corrected chi connectivity index (χ3v) is 2.90. The van der Waals surface area contributed by atoms with E-state index in [0.717, 1.165) is 32.2 Å². The molecular weight excluding hydrogens is 216 g/mol. The molecule has 0 aromatic heterocycles. The summed E-state index contributed by atoms with van der Waals surface area (Å²) in [6.45, 7) is 2.78. The van der Waals surface area contributed by atoms with Gasteiger partial charge in [-0.1, -0.05) is 22.9 Å². The van der Waals surface area contributed by atoms with Gasteiger partial charge in [0, 0.05) is 10.7 Å². The summed E-state index contributed by atoms with van der Waals surface area (Å²) in [5.74, 6) is 0.225. The lowest BCUT2D eigenvalue weighted by molar-refractivity contribution is 0.541. The van der Waals surface area contributed by atoms with E-state index in [4.69, 9.17) is 11.0 Å². The molecule has 0 saturated heterocycles. The molecule has 2 nitrogen and oxygen atoms in total. The molecule has 0 heterocycles. The van der Waals surface area contributed by atoms with Gasteiger partial charge in [-0.15, -0.1) is 0 Å². The molecule has 0 fully saturated rings. The number of rotatable bonds is 6. The van der Waals surface area contributed by atoms with Gasteiger partial charge in [0.1, 0.15) is 0 Å². The van der Waals surface area contributed by atoms with Crippen LogP contribution in [0, 0.1) is 17.2 Å². The summed E-state index contributed by atoms with van der Waals surface area (Å²) in [5, 5.41) is 8.68. The average molecular weight is 233 g/mol. The van der Waals surface area contributed by atoms with Crippen molar-refractivity contribution in [1.82, 2.24) is 0 Å². The molecule has 2 N–H and O–H groups in total. The fourth-order valence-corrected chi connectivity index (χ4v) is 1.60. The lowest BCUT2D eigenvalue weighted by atomic mass is 10.0. The van der Waals surface area contributed by atoms with Crippen LogP contribution in [0.5, 0.6) is 0 Å². The van der Waals surface area contributed by atoms with Crippen molar-refractivity contribution in [2.45, 2.75) is 37.4 Å². The van der Waals surface area contributed by atoms with Crippen molar-refractivity contribution in [1.29, 1.82) is 5.26 Å². The molecule has 0 rings (SSSR count). The maximum absolute atomic E-state index is 8.68. The molecule has 0 radical (unpaired) electrons. The molecule has 0 aliphatic rings. The van der Waals surface area contributed by atoms with Gasteiger partial charge < -0.3 is 5.73 Å². The molecule has 0 saturated carbocycles. The summed E-state index contributed by atoms with van der Waals surface area (Å²) in [4.78, 5) is 0.491. The third-order valence-electron chi connectivity index (χ3n) is 1.98. The SMILES string of the molecule is CCC(C#N)CC[C@@H](Br)CCN. The van der Waals surface area contributed by atoms with E-state index in [1.54, 1.807) is 0 Å². The van der Waals surface area contributed by atoms with Crippen LogP contribution in [-0.2, 0) is 0 Å². The fraction of sp³-hybridized carbons (Fsp3) is 0.889. The highest BCUT2D eigenvalue weighted by molar-refractivity contribution is 9.09. The van der Waals surface area contributed by atoms with Crippen molar-refractivity contribution in [3.8, 4) is 6.07 Å². The van der Waals surface area contributed by atoms with E-state index >= 15 is 0 Å². The van der Waals surface area contributed by atoms with E-state index in [1.807, 2.05) is 0 Å². The Bertz CT molecular complexity index is 142. The molecule has 0 aliphatic carbocycles. The number of hydrogen-bond donors (Lipinski definition) is 1. The van der Waals surface area contributed by atoms with E-state index in [-0.39, 0.29) is 5.92 Å². The van der Waals surface area contributed by atoms with Crippen LogP contribution >= 0.6 is 15.9 Å². The molecule has 0 bridgehead atoms. The van der Waals surface area contributed by atoms with Crippen LogP contribution in [0.15, 0.2) is 0 Å². The number of nitrogens with two attached hydrogens (primary N) is 1. The number of nitrogens with zero attached hydrogens (tertiary/aromatic N) is 1. The maximum atomic E-state index is 8.68. The minimum absolute atomic E-state index is 0.225. The molecule has 0 aliphatic heterocycles. The summed E-state index contributed by atoms with van der Waals surface area (Å²) < 4.78 is 0. The highest BCUT2D eigenvalue weighted by atomic mass is 79.9. The van der Waals surface area contributed by atoms with Gasteiger partial charge in [-0.3, -0.25) is 0 Å². The first-order valence-electron chi connectivity index (χ1n) is 4.48. The zero-order valence-electron chi connectivity index (χ0n) is 7.59. The van der Waals surface area contributed by atoms with Crippen LogP contribution in [0.4, 0.5) is 0 Å². The van der Waals surface area contributed by atoms with Gasteiger partial charge >= 0.3 is 0 Å². The minimum Gasteiger partial charge on any atom is -0.330 e. The predicted octanol–water partition coefficient (Wildman–Crippen LogP) is 2.43. The zero-order chi connectivity index (χ0) is 9.40. The van der Waals surface area contributed by atoms with E-state index in [2.05, 4.69) is 28.9 Å². The first-order valence-corrected chi connectivity index (χ1v) is 5.39. The van der Waals surface area contributed by atoms with E-state index < -0.39 is 0 Å². The van der Waals surface area contributed by atoms with Gasteiger partial charge in [0.15, 0.2) is 0 Å². The molecule has 1 unspecified atom stereocenters. The topological polar surface area (TPSA) is 49.8 Å². The van der Waals surface area contributed by atoms with Crippen LogP contribution in [0.3, 0.4) is 0 Å². The first-order chi connectivity index (χ1) is 5.74. The van der Waals surface area contributed by atoms with Gasteiger partial charge in [0.05, 0.1) is 6.07 Å². The Hall–Kier alpha value is -0.0700. The van der Waals surface area contributed by atoms with Gasteiger partial charge in [0.2, 0.25) is 0 Å². The van der Waals surface area contributed by atoms with Gasteiger partial charge in [-0.25, -0.2) is 0 Å². The van der Waals surface area contributed by atoms with E-state index in [1.165, 1.54) is 0 Å². The van der Waals surface area contributed by atoms with Crippen LogP contribution < -0.4 is 5.73 Å². The smallest absolute Gasteiger partial charge is 0.0655 e. The van der Waals surface area contributed by atoms with Crippen LogP contribution in [-0.4, -0.2) is 11.4 Å². The Balaban J connectivity index is 3.46. The summed E-state index contributed by atoms with van der Waals surface area (Å²) >= 11 is 3.54. The lowest BCUT2D eigenvalue weighted by Gasteiger charge is -2.09. The van der Waals surface area contributed by atoms with E-state index in [0.29, 0.717) is 4.83 Å². The first kappa shape index (κ1) is 11.9. The number of alkyl halides is 1. The average Bonchev–Trinajstić information content (AvgIpc) is 2.07. The number of hydrogen-bond acceptors (Lipinski definition) is 2. The highest BCUT2D eigenvalue weighted by Gasteiger charge is 2.08. The second-order valence-corrected chi connectivity index (χ2v) is 4.28. The Labute approximate surface area is 83.3 Å². The molecule has 0 amide bonds. The quantitative estimate of drug-likeness (QED) is 0.716. The number of nitriles is 1. The molecule has 70 valence electrons. The van der Waals surface area contributed by atoms with E-state index in [9.17, 15) is 0 Å². The molecule has 2 atom stereocenters. The molecule has 0 aromatic rings. The van der Waals surface area contributed by atoms with Gasteiger partial charge in [0.25, 0.3) is 0 Å². The lowest BCUT2D eigenvalue weighted by Crippen LogP contribution is -2.09. The Morgan fingerprint density at radius 3 is 2.50 bits per heavy atom. The highest BCUT2D eigenvalue weighted by Crippen LogP contribution is 2.17. The largest absolute Gasteiger partial charge is 0.330 e.